The van der Waals surface area contributed by atoms with Crippen molar-refractivity contribution in [2.24, 2.45) is 0 Å². The van der Waals surface area contributed by atoms with E-state index in [4.69, 9.17) is 4.74 Å². The van der Waals surface area contributed by atoms with Crippen LogP contribution in [0.15, 0.2) is 18.3 Å². The van der Waals surface area contributed by atoms with Crippen LogP contribution >= 0.6 is 11.3 Å². The summed E-state index contributed by atoms with van der Waals surface area (Å²) in [5, 5.41) is 4.21. The molecule has 0 saturated carbocycles. The molecule has 0 spiro atoms. The number of nitrogens with zero attached hydrogens (tertiary/aromatic N) is 2. The van der Waals surface area contributed by atoms with Gasteiger partial charge in [-0.05, 0) is 25.5 Å². The van der Waals surface area contributed by atoms with Gasteiger partial charge in [0.25, 0.3) is 0 Å². The smallest absolute Gasteiger partial charge is 0.224 e. The molecule has 18 heavy (non-hydrogen) atoms. The Morgan fingerprint density at radius 1 is 1.50 bits per heavy atom. The topological polar surface area (TPSA) is 44.1 Å². The molecule has 0 N–H and O–H groups in total. The molecule has 5 heteroatoms. The number of ether oxygens (including phenoxy) is 1. The molecule has 0 aliphatic heterocycles. The Morgan fingerprint density at radius 3 is 2.83 bits per heavy atom. The van der Waals surface area contributed by atoms with Gasteiger partial charge in [-0.25, -0.2) is 0 Å². The van der Waals surface area contributed by atoms with E-state index in [1.165, 1.54) is 11.3 Å². The van der Waals surface area contributed by atoms with E-state index in [0.29, 0.717) is 11.4 Å². The minimum absolute atomic E-state index is 0.0177. The summed E-state index contributed by atoms with van der Waals surface area (Å²) in [6, 6.07) is 3.80. The molecule has 96 valence electrons. The molecule has 0 fully saturated rings. The van der Waals surface area contributed by atoms with Crippen LogP contribution in [0.1, 0.15) is 33.6 Å². The molecule has 0 radical (unpaired) electrons. The van der Waals surface area contributed by atoms with Crippen LogP contribution in [0.4, 0.5) is 0 Å². The molecule has 2 aromatic heterocycles. The van der Waals surface area contributed by atoms with Gasteiger partial charge >= 0.3 is 0 Å². The van der Waals surface area contributed by atoms with Crippen LogP contribution in [0.3, 0.4) is 0 Å². The molecule has 0 aromatic carbocycles. The summed E-state index contributed by atoms with van der Waals surface area (Å²) in [6.07, 6.45) is 2.53. The first-order valence-corrected chi connectivity index (χ1v) is 6.70. The fourth-order valence-electron chi connectivity index (χ4n) is 1.80. The maximum Gasteiger partial charge on any atom is 0.224 e. The van der Waals surface area contributed by atoms with Crippen LogP contribution in [0.2, 0.25) is 0 Å². The van der Waals surface area contributed by atoms with Crippen molar-refractivity contribution < 1.29 is 9.53 Å². The maximum atomic E-state index is 12.5. The second-order valence-corrected chi connectivity index (χ2v) is 5.31. The van der Waals surface area contributed by atoms with E-state index in [-0.39, 0.29) is 5.78 Å². The minimum atomic E-state index is -0.0177. The van der Waals surface area contributed by atoms with Crippen molar-refractivity contribution >= 4 is 17.1 Å². The zero-order valence-corrected chi connectivity index (χ0v) is 11.6. The van der Waals surface area contributed by atoms with Crippen LogP contribution in [0.5, 0.6) is 5.75 Å². The van der Waals surface area contributed by atoms with Crippen molar-refractivity contribution in [1.82, 2.24) is 9.78 Å². The van der Waals surface area contributed by atoms with Gasteiger partial charge in [-0.3, -0.25) is 9.48 Å². The van der Waals surface area contributed by atoms with E-state index in [2.05, 4.69) is 12.0 Å². The summed E-state index contributed by atoms with van der Waals surface area (Å²) in [7, 11) is 1.56. The minimum Gasteiger partial charge on any atom is -0.493 e. The molecule has 0 saturated heterocycles. The summed E-state index contributed by atoms with van der Waals surface area (Å²) in [6.45, 7) is 4.76. The lowest BCUT2D eigenvalue weighted by molar-refractivity contribution is 0.102. The number of carbonyl (C=O) groups excluding carboxylic acids is 1. The fourth-order valence-corrected chi connectivity index (χ4v) is 2.61. The molecule has 0 aliphatic carbocycles. The van der Waals surface area contributed by atoms with E-state index < -0.39 is 0 Å². The molecular formula is C13H16N2O2S. The van der Waals surface area contributed by atoms with Crippen molar-refractivity contribution in [3.63, 3.8) is 0 Å². The normalized spacial score (nSPS) is 10.6. The molecular weight excluding hydrogens is 248 g/mol. The molecule has 4 nitrogen and oxygen atoms in total. The zero-order valence-electron chi connectivity index (χ0n) is 10.8. The molecule has 2 heterocycles. The average Bonchev–Trinajstić information content (AvgIpc) is 2.95. The molecule has 0 amide bonds. The number of hydrogen-bond acceptors (Lipinski definition) is 4. The predicted molar refractivity (Wildman–Crippen MR) is 71.6 cm³/mol. The summed E-state index contributed by atoms with van der Waals surface area (Å²) in [5.41, 5.74) is 0.543. The molecule has 2 aromatic rings. The second-order valence-electron chi connectivity index (χ2n) is 4.02. The molecule has 0 bridgehead atoms. The van der Waals surface area contributed by atoms with Crippen molar-refractivity contribution in [3.8, 4) is 5.75 Å². The predicted octanol–water partition coefficient (Wildman–Crippen LogP) is 2.90. The van der Waals surface area contributed by atoms with Gasteiger partial charge < -0.3 is 4.74 Å². The van der Waals surface area contributed by atoms with Gasteiger partial charge in [-0.15, -0.1) is 11.3 Å². The highest BCUT2D eigenvalue weighted by atomic mass is 32.1. The number of carbonyl (C=O) groups is 1. The fraction of sp³-hybridized carbons (Fsp3) is 0.385. The van der Waals surface area contributed by atoms with Crippen LogP contribution in [0.25, 0.3) is 0 Å². The summed E-state index contributed by atoms with van der Waals surface area (Å²) >= 11 is 1.49. The molecule has 0 atom stereocenters. The third-order valence-corrected chi connectivity index (χ3v) is 3.64. The van der Waals surface area contributed by atoms with Gasteiger partial charge in [0.05, 0.1) is 18.2 Å². The van der Waals surface area contributed by atoms with Gasteiger partial charge in [-0.2, -0.15) is 5.10 Å². The largest absolute Gasteiger partial charge is 0.493 e. The van der Waals surface area contributed by atoms with E-state index in [9.17, 15) is 4.79 Å². The van der Waals surface area contributed by atoms with Crippen molar-refractivity contribution in [1.29, 1.82) is 0 Å². The van der Waals surface area contributed by atoms with E-state index in [1.807, 2.05) is 19.1 Å². The zero-order chi connectivity index (χ0) is 13.1. The van der Waals surface area contributed by atoms with Gasteiger partial charge in [0.2, 0.25) is 5.78 Å². The molecule has 0 aliphatic rings. The highest BCUT2D eigenvalue weighted by Crippen LogP contribution is 2.25. The van der Waals surface area contributed by atoms with E-state index in [0.717, 1.165) is 22.7 Å². The van der Waals surface area contributed by atoms with Crippen molar-refractivity contribution in [2.45, 2.75) is 26.8 Å². The van der Waals surface area contributed by atoms with Gasteiger partial charge in [-0.1, -0.05) is 6.92 Å². The first-order chi connectivity index (χ1) is 8.67. The lowest BCUT2D eigenvalue weighted by Crippen LogP contribution is -2.11. The summed E-state index contributed by atoms with van der Waals surface area (Å²) in [4.78, 5) is 14.3. The third-order valence-electron chi connectivity index (χ3n) is 2.64. The maximum absolute atomic E-state index is 12.5. The van der Waals surface area contributed by atoms with Crippen molar-refractivity contribution in [3.05, 3.63) is 33.8 Å². The van der Waals surface area contributed by atoms with E-state index in [1.54, 1.807) is 18.0 Å². The van der Waals surface area contributed by atoms with Gasteiger partial charge in [0.1, 0.15) is 0 Å². The quantitative estimate of drug-likeness (QED) is 0.780. The SMILES string of the molecule is CCCn1ncc(OC)c1C(=O)c1ccc(C)s1. The van der Waals surface area contributed by atoms with Gasteiger partial charge in [0.15, 0.2) is 11.4 Å². The van der Waals surface area contributed by atoms with Crippen LogP contribution in [0, 0.1) is 6.92 Å². The monoisotopic (exact) mass is 264 g/mol. The number of rotatable bonds is 5. The Morgan fingerprint density at radius 2 is 2.28 bits per heavy atom. The summed E-state index contributed by atoms with van der Waals surface area (Å²) in [5.74, 6) is 0.524. The highest BCUT2D eigenvalue weighted by molar-refractivity contribution is 7.14. The Labute approximate surface area is 110 Å². The van der Waals surface area contributed by atoms with Crippen molar-refractivity contribution in [2.75, 3.05) is 7.11 Å². The Hall–Kier alpha value is -1.62. The standard InChI is InChI=1S/C13H16N2O2S/c1-4-7-15-12(10(17-3)8-14-15)13(16)11-6-5-9(2)18-11/h5-6,8H,4,7H2,1-3H3. The molecule has 0 unspecified atom stereocenters. The Balaban J connectivity index is 2.42. The van der Waals surface area contributed by atoms with Crippen LogP contribution in [-0.4, -0.2) is 22.7 Å². The number of hydrogen-bond donors (Lipinski definition) is 0. The van der Waals surface area contributed by atoms with Crippen LogP contribution in [-0.2, 0) is 6.54 Å². The molecule has 2 rings (SSSR count). The number of methoxy groups -OCH3 is 1. The number of aromatic nitrogens is 2. The van der Waals surface area contributed by atoms with E-state index >= 15 is 0 Å². The van der Waals surface area contributed by atoms with Gasteiger partial charge in [0, 0.05) is 11.4 Å². The lowest BCUT2D eigenvalue weighted by atomic mass is 10.2. The highest BCUT2D eigenvalue weighted by Gasteiger charge is 2.21. The Bertz CT molecular complexity index is 557. The number of aryl methyl sites for hydroxylation is 2. The number of ketones is 1. The second kappa shape index (κ2) is 5.35. The third kappa shape index (κ3) is 2.31. The Kier molecular flexibility index (Phi) is 3.81. The number of thiophene rings is 1. The first kappa shape index (κ1) is 12.8. The summed E-state index contributed by atoms with van der Waals surface area (Å²) < 4.78 is 6.94. The first-order valence-electron chi connectivity index (χ1n) is 5.88. The van der Waals surface area contributed by atoms with Crippen LogP contribution < -0.4 is 4.74 Å². The average molecular weight is 264 g/mol. The lowest BCUT2D eigenvalue weighted by Gasteiger charge is -2.05.